The Morgan fingerprint density at radius 2 is 2.31 bits per heavy atom. The maximum absolute atomic E-state index is 11.5. The molecule has 1 heterocycles. The number of ether oxygens (including phenoxy) is 1. The Bertz CT molecular complexity index is 207. The van der Waals surface area contributed by atoms with E-state index in [4.69, 9.17) is 4.74 Å². The summed E-state index contributed by atoms with van der Waals surface area (Å²) in [7, 11) is -1.00. The molecule has 1 aliphatic rings. The number of hydrogen-bond acceptors (Lipinski definition) is 3. The van der Waals surface area contributed by atoms with E-state index in [0.717, 1.165) is 6.42 Å². The van der Waals surface area contributed by atoms with Crippen LogP contribution in [0.4, 0.5) is 0 Å². The summed E-state index contributed by atoms with van der Waals surface area (Å²) in [6.45, 7) is 4.93. The number of carbonyl (C=O) groups is 1. The van der Waals surface area contributed by atoms with Crippen LogP contribution in [0.1, 0.15) is 20.3 Å². The van der Waals surface area contributed by atoms with Gasteiger partial charge in [-0.3, -0.25) is 9.00 Å². The molecule has 0 aromatic heterocycles. The van der Waals surface area contributed by atoms with Crippen molar-refractivity contribution in [1.82, 2.24) is 0 Å². The molecular formula is C9H16O3S. The van der Waals surface area contributed by atoms with Gasteiger partial charge < -0.3 is 4.74 Å². The Kier molecular flexibility index (Phi) is 4.06. The third-order valence-electron chi connectivity index (χ3n) is 2.20. The van der Waals surface area contributed by atoms with Gasteiger partial charge in [-0.05, 0) is 6.42 Å². The molecular weight excluding hydrogens is 188 g/mol. The standard InChI is InChI=1S/C9H16O3S/c1-7(2)13(11)6-9(10)8-3-4-12-5-8/h7-8H,3-6H2,1-2H3. The second-order valence-electron chi connectivity index (χ2n) is 3.60. The van der Waals surface area contributed by atoms with Crippen molar-refractivity contribution in [3.63, 3.8) is 0 Å². The van der Waals surface area contributed by atoms with E-state index >= 15 is 0 Å². The van der Waals surface area contributed by atoms with E-state index in [1.165, 1.54) is 0 Å². The van der Waals surface area contributed by atoms with Crippen molar-refractivity contribution < 1.29 is 13.7 Å². The van der Waals surface area contributed by atoms with Crippen LogP contribution in [0.5, 0.6) is 0 Å². The average molecular weight is 204 g/mol. The van der Waals surface area contributed by atoms with Gasteiger partial charge in [0.1, 0.15) is 0 Å². The molecule has 2 unspecified atom stereocenters. The van der Waals surface area contributed by atoms with Crippen LogP contribution in [0, 0.1) is 5.92 Å². The summed E-state index contributed by atoms with van der Waals surface area (Å²) in [6, 6.07) is 0. The molecule has 0 aromatic carbocycles. The first-order valence-electron chi connectivity index (χ1n) is 4.59. The Hall–Kier alpha value is -0.220. The highest BCUT2D eigenvalue weighted by Gasteiger charge is 2.25. The highest BCUT2D eigenvalue weighted by Crippen LogP contribution is 2.14. The van der Waals surface area contributed by atoms with Crippen molar-refractivity contribution >= 4 is 16.6 Å². The van der Waals surface area contributed by atoms with Gasteiger partial charge in [0.15, 0.2) is 5.78 Å². The molecule has 2 atom stereocenters. The van der Waals surface area contributed by atoms with Crippen LogP contribution in [0.3, 0.4) is 0 Å². The van der Waals surface area contributed by atoms with E-state index in [0.29, 0.717) is 13.2 Å². The van der Waals surface area contributed by atoms with Crippen LogP contribution in [-0.2, 0) is 20.3 Å². The van der Waals surface area contributed by atoms with Crippen LogP contribution in [0.15, 0.2) is 0 Å². The molecule has 0 aromatic rings. The largest absolute Gasteiger partial charge is 0.381 e. The van der Waals surface area contributed by atoms with Gasteiger partial charge in [-0.2, -0.15) is 0 Å². The van der Waals surface area contributed by atoms with Crippen LogP contribution in [0.25, 0.3) is 0 Å². The highest BCUT2D eigenvalue weighted by atomic mass is 32.2. The lowest BCUT2D eigenvalue weighted by molar-refractivity contribution is -0.120. The lowest BCUT2D eigenvalue weighted by Crippen LogP contribution is -2.24. The molecule has 0 saturated carbocycles. The fourth-order valence-electron chi connectivity index (χ4n) is 1.21. The average Bonchev–Trinajstić information content (AvgIpc) is 2.55. The van der Waals surface area contributed by atoms with E-state index in [2.05, 4.69) is 0 Å². The van der Waals surface area contributed by atoms with Crippen LogP contribution < -0.4 is 0 Å². The molecule has 76 valence electrons. The molecule has 0 bridgehead atoms. The van der Waals surface area contributed by atoms with Crippen LogP contribution in [0.2, 0.25) is 0 Å². The van der Waals surface area contributed by atoms with Crippen molar-refractivity contribution in [2.75, 3.05) is 19.0 Å². The fraction of sp³-hybridized carbons (Fsp3) is 0.889. The Labute approximate surface area is 81.3 Å². The van der Waals surface area contributed by atoms with Gasteiger partial charge in [0, 0.05) is 28.6 Å². The van der Waals surface area contributed by atoms with E-state index in [1.807, 2.05) is 13.8 Å². The van der Waals surface area contributed by atoms with Gasteiger partial charge in [0.05, 0.1) is 12.4 Å². The number of rotatable bonds is 4. The lowest BCUT2D eigenvalue weighted by Gasteiger charge is -2.07. The zero-order valence-electron chi connectivity index (χ0n) is 8.12. The minimum atomic E-state index is -1.00. The van der Waals surface area contributed by atoms with Crippen molar-refractivity contribution in [2.45, 2.75) is 25.5 Å². The Balaban J connectivity index is 2.36. The van der Waals surface area contributed by atoms with E-state index in [1.54, 1.807) is 0 Å². The fourth-order valence-corrected chi connectivity index (χ4v) is 2.06. The lowest BCUT2D eigenvalue weighted by atomic mass is 10.1. The molecule has 1 rings (SSSR count). The third kappa shape index (κ3) is 3.19. The van der Waals surface area contributed by atoms with Gasteiger partial charge in [0.2, 0.25) is 0 Å². The summed E-state index contributed by atoms with van der Waals surface area (Å²) in [4.78, 5) is 11.5. The van der Waals surface area contributed by atoms with Crippen molar-refractivity contribution in [1.29, 1.82) is 0 Å². The molecule has 0 N–H and O–H groups in total. The molecule has 0 spiro atoms. The monoisotopic (exact) mass is 204 g/mol. The topological polar surface area (TPSA) is 43.4 Å². The quantitative estimate of drug-likeness (QED) is 0.678. The summed E-state index contributed by atoms with van der Waals surface area (Å²) in [5.74, 6) is 0.304. The summed E-state index contributed by atoms with van der Waals surface area (Å²) >= 11 is 0. The summed E-state index contributed by atoms with van der Waals surface area (Å²) in [6.07, 6.45) is 0.800. The van der Waals surface area contributed by atoms with Gasteiger partial charge in [-0.15, -0.1) is 0 Å². The minimum absolute atomic E-state index is 0.00250. The van der Waals surface area contributed by atoms with Gasteiger partial charge in [-0.1, -0.05) is 13.8 Å². The Morgan fingerprint density at radius 1 is 1.62 bits per heavy atom. The first-order chi connectivity index (χ1) is 6.11. The molecule has 0 aliphatic carbocycles. The SMILES string of the molecule is CC(C)S(=O)CC(=O)C1CCOC1. The second-order valence-corrected chi connectivity index (χ2v) is 5.59. The number of ketones is 1. The van der Waals surface area contributed by atoms with Crippen LogP contribution in [-0.4, -0.2) is 34.2 Å². The summed E-state index contributed by atoms with van der Waals surface area (Å²) in [5, 5.41) is 0.0753. The predicted octanol–water partition coefficient (Wildman–Crippen LogP) is 0.749. The molecule has 1 saturated heterocycles. The molecule has 1 aliphatic heterocycles. The van der Waals surface area contributed by atoms with Crippen molar-refractivity contribution in [3.05, 3.63) is 0 Å². The smallest absolute Gasteiger partial charge is 0.150 e. The molecule has 1 fully saturated rings. The van der Waals surface area contributed by atoms with Gasteiger partial charge in [0.25, 0.3) is 0 Å². The zero-order chi connectivity index (χ0) is 9.84. The molecule has 0 radical (unpaired) electrons. The normalized spacial score (nSPS) is 25.0. The minimum Gasteiger partial charge on any atom is -0.381 e. The first kappa shape index (κ1) is 10.9. The first-order valence-corrected chi connectivity index (χ1v) is 5.97. The van der Waals surface area contributed by atoms with E-state index in [-0.39, 0.29) is 22.7 Å². The maximum Gasteiger partial charge on any atom is 0.150 e. The zero-order valence-corrected chi connectivity index (χ0v) is 8.93. The maximum atomic E-state index is 11.5. The van der Waals surface area contributed by atoms with Crippen LogP contribution >= 0.6 is 0 Å². The number of Topliss-reactive ketones (excluding diaryl/α,β-unsaturated/α-hetero) is 1. The number of carbonyl (C=O) groups excluding carboxylic acids is 1. The van der Waals surface area contributed by atoms with E-state index in [9.17, 15) is 9.00 Å². The Morgan fingerprint density at radius 3 is 2.77 bits per heavy atom. The highest BCUT2D eigenvalue weighted by molar-refractivity contribution is 7.86. The summed E-state index contributed by atoms with van der Waals surface area (Å²) in [5.41, 5.74) is 0. The molecule has 13 heavy (non-hydrogen) atoms. The van der Waals surface area contributed by atoms with E-state index < -0.39 is 10.8 Å². The summed E-state index contributed by atoms with van der Waals surface area (Å²) < 4.78 is 16.5. The third-order valence-corrected chi connectivity index (χ3v) is 3.82. The predicted molar refractivity (Wildman–Crippen MR) is 52.1 cm³/mol. The second kappa shape index (κ2) is 4.86. The molecule has 3 nitrogen and oxygen atoms in total. The molecule has 0 amide bonds. The van der Waals surface area contributed by atoms with Crippen molar-refractivity contribution in [3.8, 4) is 0 Å². The van der Waals surface area contributed by atoms with Crippen molar-refractivity contribution in [2.24, 2.45) is 5.92 Å². The van der Waals surface area contributed by atoms with Gasteiger partial charge >= 0.3 is 0 Å². The van der Waals surface area contributed by atoms with Gasteiger partial charge in [-0.25, -0.2) is 0 Å². The number of hydrogen-bond donors (Lipinski definition) is 0. The molecule has 4 heteroatoms.